The zero-order chi connectivity index (χ0) is 18.1. The van der Waals surface area contributed by atoms with Crippen molar-refractivity contribution in [2.24, 2.45) is 10.9 Å². The third kappa shape index (κ3) is 6.84. The Balaban J connectivity index is 1.70. The summed E-state index contributed by atoms with van der Waals surface area (Å²) in [5.74, 6) is 0.972. The number of carbonyl (C=O) groups excluding carboxylic acids is 1. The molecule has 2 fully saturated rings. The lowest BCUT2D eigenvalue weighted by Crippen LogP contribution is -2.54. The van der Waals surface area contributed by atoms with Gasteiger partial charge in [0.1, 0.15) is 0 Å². The van der Waals surface area contributed by atoms with Gasteiger partial charge in [0.05, 0.1) is 0 Å². The molecule has 2 aliphatic rings. The minimum absolute atomic E-state index is 0.0328. The van der Waals surface area contributed by atoms with Gasteiger partial charge in [0.2, 0.25) is 5.91 Å². The maximum Gasteiger partial charge on any atom is 0.222 e. The smallest absolute Gasteiger partial charge is 0.222 e. The molecule has 1 heterocycles. The molecule has 0 aromatic heterocycles. The Hall–Kier alpha value is -1.30. The molecule has 1 aliphatic heterocycles. The number of rotatable bonds is 6. The predicted octanol–water partition coefficient (Wildman–Crippen LogP) is 1.72. The van der Waals surface area contributed by atoms with Crippen LogP contribution in [0.15, 0.2) is 4.99 Å². The highest BCUT2D eigenvalue weighted by molar-refractivity contribution is 5.80. The number of nitrogens with zero attached hydrogens (tertiary/aromatic N) is 2. The first-order valence-corrected chi connectivity index (χ1v) is 10.1. The molecular weight excluding hydrogens is 314 g/mol. The maximum atomic E-state index is 11.6. The number of guanidine groups is 1. The van der Waals surface area contributed by atoms with E-state index in [-0.39, 0.29) is 11.8 Å². The lowest BCUT2D eigenvalue weighted by molar-refractivity contribution is -0.123. The van der Waals surface area contributed by atoms with Crippen LogP contribution in [0.3, 0.4) is 0 Å². The van der Waals surface area contributed by atoms with Crippen molar-refractivity contribution in [1.82, 2.24) is 20.9 Å². The quantitative estimate of drug-likeness (QED) is 0.387. The molecule has 1 amide bonds. The van der Waals surface area contributed by atoms with Crippen LogP contribution < -0.4 is 16.0 Å². The summed E-state index contributed by atoms with van der Waals surface area (Å²) in [4.78, 5) is 18.6. The van der Waals surface area contributed by atoms with Gasteiger partial charge in [0.15, 0.2) is 5.96 Å². The second-order valence-electron chi connectivity index (χ2n) is 7.71. The molecule has 0 radical (unpaired) electrons. The van der Waals surface area contributed by atoms with Gasteiger partial charge in [-0.3, -0.25) is 14.7 Å². The molecule has 0 aromatic rings. The third-order valence-electron chi connectivity index (χ3n) is 5.35. The standard InChI is InChI=1S/C19H37N5O/c1-15(2)18(25)21-11-12-22-19(20-3)23-16-8-7-13-24(14-16)17-9-5-4-6-10-17/h15-17H,4-14H2,1-3H3,(H,21,25)(H2,20,22,23). The lowest BCUT2D eigenvalue weighted by atomic mass is 9.92. The second kappa shape index (κ2) is 10.6. The molecule has 0 bridgehead atoms. The summed E-state index contributed by atoms with van der Waals surface area (Å²) in [6, 6.07) is 1.26. The van der Waals surface area contributed by atoms with Gasteiger partial charge in [-0.2, -0.15) is 0 Å². The van der Waals surface area contributed by atoms with Gasteiger partial charge in [0, 0.05) is 44.7 Å². The fraction of sp³-hybridized carbons (Fsp3) is 0.895. The predicted molar refractivity (Wildman–Crippen MR) is 104 cm³/mol. The summed E-state index contributed by atoms with van der Waals surface area (Å²) in [6.07, 6.45) is 9.40. The zero-order valence-electron chi connectivity index (χ0n) is 16.3. The van der Waals surface area contributed by atoms with Crippen LogP contribution in [0.1, 0.15) is 58.8 Å². The number of piperidine rings is 1. The molecule has 1 saturated heterocycles. The SMILES string of the molecule is CN=C(NCCNC(=O)C(C)C)NC1CCCN(C2CCCCC2)C1. The minimum Gasteiger partial charge on any atom is -0.355 e. The molecule has 1 saturated carbocycles. The first-order valence-electron chi connectivity index (χ1n) is 10.1. The van der Waals surface area contributed by atoms with Gasteiger partial charge < -0.3 is 16.0 Å². The Morgan fingerprint density at radius 1 is 1.08 bits per heavy atom. The van der Waals surface area contributed by atoms with E-state index in [1.54, 1.807) is 0 Å². The van der Waals surface area contributed by atoms with Gasteiger partial charge >= 0.3 is 0 Å². The van der Waals surface area contributed by atoms with E-state index < -0.39 is 0 Å². The molecule has 2 rings (SSSR count). The van der Waals surface area contributed by atoms with Crippen LogP contribution in [0.25, 0.3) is 0 Å². The molecule has 0 aromatic carbocycles. The van der Waals surface area contributed by atoms with E-state index in [9.17, 15) is 4.79 Å². The fourth-order valence-electron chi connectivity index (χ4n) is 3.86. The first-order chi connectivity index (χ1) is 12.1. The molecule has 0 spiro atoms. The number of hydrogen-bond acceptors (Lipinski definition) is 3. The molecule has 1 unspecified atom stereocenters. The van der Waals surface area contributed by atoms with Crippen molar-refractivity contribution >= 4 is 11.9 Å². The van der Waals surface area contributed by atoms with Crippen LogP contribution in [0.5, 0.6) is 0 Å². The Morgan fingerprint density at radius 2 is 1.80 bits per heavy atom. The van der Waals surface area contributed by atoms with E-state index in [1.807, 2.05) is 20.9 Å². The first kappa shape index (κ1) is 20.0. The number of likely N-dealkylation sites (tertiary alicyclic amines) is 1. The van der Waals surface area contributed by atoms with E-state index in [2.05, 4.69) is 25.8 Å². The number of hydrogen-bond donors (Lipinski definition) is 3. The molecule has 1 aliphatic carbocycles. The lowest BCUT2D eigenvalue weighted by Gasteiger charge is -2.40. The maximum absolute atomic E-state index is 11.6. The van der Waals surface area contributed by atoms with Gasteiger partial charge in [0.25, 0.3) is 0 Å². The van der Waals surface area contributed by atoms with Crippen LogP contribution in [-0.4, -0.2) is 62.1 Å². The highest BCUT2D eigenvalue weighted by Gasteiger charge is 2.27. The van der Waals surface area contributed by atoms with E-state index in [0.717, 1.165) is 18.5 Å². The molecule has 25 heavy (non-hydrogen) atoms. The average molecular weight is 352 g/mol. The summed E-state index contributed by atoms with van der Waals surface area (Å²) in [6.45, 7) is 7.49. The second-order valence-corrected chi connectivity index (χ2v) is 7.71. The van der Waals surface area contributed by atoms with E-state index in [0.29, 0.717) is 19.1 Å². The number of aliphatic imine (C=N–C) groups is 1. The zero-order valence-corrected chi connectivity index (χ0v) is 16.3. The minimum atomic E-state index is 0.0328. The Morgan fingerprint density at radius 3 is 2.48 bits per heavy atom. The van der Waals surface area contributed by atoms with Crippen LogP contribution in [-0.2, 0) is 4.79 Å². The van der Waals surface area contributed by atoms with Crippen molar-refractivity contribution in [3.63, 3.8) is 0 Å². The van der Waals surface area contributed by atoms with Crippen molar-refractivity contribution < 1.29 is 4.79 Å². The Labute approximate surface area is 153 Å². The largest absolute Gasteiger partial charge is 0.355 e. The fourth-order valence-corrected chi connectivity index (χ4v) is 3.86. The van der Waals surface area contributed by atoms with Crippen molar-refractivity contribution in [3.8, 4) is 0 Å². The summed E-state index contributed by atoms with van der Waals surface area (Å²) in [5, 5.41) is 9.80. The molecule has 6 heteroatoms. The average Bonchev–Trinajstić information content (AvgIpc) is 2.64. The van der Waals surface area contributed by atoms with E-state index >= 15 is 0 Å². The third-order valence-corrected chi connectivity index (χ3v) is 5.35. The molecule has 6 nitrogen and oxygen atoms in total. The normalized spacial score (nSPS) is 23.5. The number of amides is 1. The molecular formula is C19H37N5O. The van der Waals surface area contributed by atoms with Gasteiger partial charge in [-0.25, -0.2) is 0 Å². The number of carbonyl (C=O) groups is 1. The Kier molecular flexibility index (Phi) is 8.52. The molecule has 1 atom stereocenters. The van der Waals surface area contributed by atoms with Crippen LogP contribution in [0.4, 0.5) is 0 Å². The van der Waals surface area contributed by atoms with Gasteiger partial charge in [-0.15, -0.1) is 0 Å². The summed E-state index contributed by atoms with van der Waals surface area (Å²) in [5.41, 5.74) is 0. The topological polar surface area (TPSA) is 68.8 Å². The summed E-state index contributed by atoms with van der Waals surface area (Å²) in [7, 11) is 1.81. The molecule has 144 valence electrons. The van der Waals surface area contributed by atoms with Crippen molar-refractivity contribution in [1.29, 1.82) is 0 Å². The van der Waals surface area contributed by atoms with Gasteiger partial charge in [-0.1, -0.05) is 33.1 Å². The highest BCUT2D eigenvalue weighted by atomic mass is 16.1. The highest BCUT2D eigenvalue weighted by Crippen LogP contribution is 2.25. The van der Waals surface area contributed by atoms with Crippen LogP contribution in [0, 0.1) is 5.92 Å². The molecule has 3 N–H and O–H groups in total. The van der Waals surface area contributed by atoms with Crippen molar-refractivity contribution in [2.75, 3.05) is 33.2 Å². The van der Waals surface area contributed by atoms with Gasteiger partial charge in [-0.05, 0) is 32.2 Å². The summed E-state index contributed by atoms with van der Waals surface area (Å²) >= 11 is 0. The summed E-state index contributed by atoms with van der Waals surface area (Å²) < 4.78 is 0. The van der Waals surface area contributed by atoms with Crippen molar-refractivity contribution in [3.05, 3.63) is 0 Å². The van der Waals surface area contributed by atoms with Crippen molar-refractivity contribution in [2.45, 2.75) is 70.9 Å². The van der Waals surface area contributed by atoms with E-state index in [4.69, 9.17) is 0 Å². The van der Waals surface area contributed by atoms with E-state index in [1.165, 1.54) is 51.5 Å². The Bertz CT molecular complexity index is 432. The van der Waals surface area contributed by atoms with Crippen LogP contribution >= 0.6 is 0 Å². The monoisotopic (exact) mass is 351 g/mol. The van der Waals surface area contributed by atoms with Crippen LogP contribution in [0.2, 0.25) is 0 Å². The number of nitrogens with one attached hydrogen (secondary N) is 3.